The number of hydrogen-bond donors (Lipinski definition) is 0. The van der Waals surface area contributed by atoms with Crippen molar-refractivity contribution in [2.45, 2.75) is 19.4 Å². The molecule has 1 aliphatic rings. The topological polar surface area (TPSA) is 38.8 Å². The lowest BCUT2D eigenvalue weighted by atomic mass is 10.2. The van der Waals surface area contributed by atoms with Gasteiger partial charge in [-0.3, -0.25) is 4.79 Å². The van der Waals surface area contributed by atoms with E-state index in [2.05, 4.69) is 4.90 Å². The Kier molecular flexibility index (Phi) is 5.36. The zero-order valence-corrected chi connectivity index (χ0v) is 9.44. The maximum atomic E-state index is 10.9. The maximum absolute atomic E-state index is 10.9. The number of ether oxygens (including phenoxy) is 2. The minimum absolute atomic E-state index is 0.154. The first kappa shape index (κ1) is 12.2. The van der Waals surface area contributed by atoms with Crippen LogP contribution in [0.15, 0.2) is 11.8 Å². The summed E-state index contributed by atoms with van der Waals surface area (Å²) in [5.41, 5.74) is 0.752. The molecule has 4 heteroatoms. The van der Waals surface area contributed by atoms with Crippen molar-refractivity contribution in [1.82, 2.24) is 4.90 Å². The van der Waals surface area contributed by atoms with Crippen LogP contribution in [0.4, 0.5) is 0 Å². The molecule has 0 bridgehead atoms. The molecule has 4 nitrogen and oxygen atoms in total. The van der Waals surface area contributed by atoms with Crippen molar-refractivity contribution < 1.29 is 14.3 Å². The van der Waals surface area contributed by atoms with Crippen LogP contribution in [0.25, 0.3) is 0 Å². The molecular formula is C11H19NO3. The molecule has 0 N–H and O–H groups in total. The predicted octanol–water partition coefficient (Wildman–Crippen LogP) is 0.826. The van der Waals surface area contributed by atoms with Crippen LogP contribution in [0.1, 0.15) is 13.3 Å². The van der Waals surface area contributed by atoms with Crippen LogP contribution < -0.4 is 0 Å². The minimum atomic E-state index is 0.154. The summed E-state index contributed by atoms with van der Waals surface area (Å²) in [5, 5.41) is 0. The second-order valence-corrected chi connectivity index (χ2v) is 3.63. The molecule has 1 unspecified atom stereocenters. The quantitative estimate of drug-likeness (QED) is 0.501. The number of aldehydes is 1. The van der Waals surface area contributed by atoms with Gasteiger partial charge in [-0.25, -0.2) is 0 Å². The Labute approximate surface area is 90.8 Å². The highest BCUT2D eigenvalue weighted by atomic mass is 16.5. The molecule has 0 aromatic heterocycles. The number of nitrogens with zero attached hydrogens (tertiary/aromatic N) is 1. The summed E-state index contributed by atoms with van der Waals surface area (Å²) in [6, 6.07) is 0. The van der Waals surface area contributed by atoms with Crippen molar-refractivity contribution in [3.8, 4) is 0 Å². The molecule has 86 valence electrons. The van der Waals surface area contributed by atoms with Crippen LogP contribution in [0.3, 0.4) is 0 Å². The Balaban J connectivity index is 2.48. The zero-order chi connectivity index (χ0) is 11.1. The molecule has 1 heterocycles. The largest absolute Gasteiger partial charge is 0.381 e. The SMILES string of the molecule is COC(C)C/C=C(/C=O)N1CCOCC1. The molecule has 1 atom stereocenters. The van der Waals surface area contributed by atoms with Crippen molar-refractivity contribution in [1.29, 1.82) is 0 Å². The van der Waals surface area contributed by atoms with E-state index in [0.29, 0.717) is 13.2 Å². The number of allylic oxidation sites excluding steroid dienone is 1. The van der Waals surface area contributed by atoms with E-state index in [1.54, 1.807) is 7.11 Å². The molecule has 0 saturated carbocycles. The summed E-state index contributed by atoms with van der Waals surface area (Å²) in [6.45, 7) is 4.98. The van der Waals surface area contributed by atoms with Gasteiger partial charge in [0.05, 0.1) is 25.0 Å². The van der Waals surface area contributed by atoms with Gasteiger partial charge in [0.15, 0.2) is 6.29 Å². The fourth-order valence-electron chi connectivity index (χ4n) is 1.46. The van der Waals surface area contributed by atoms with E-state index >= 15 is 0 Å². The molecule has 15 heavy (non-hydrogen) atoms. The van der Waals surface area contributed by atoms with Crippen molar-refractivity contribution in [2.24, 2.45) is 0 Å². The van der Waals surface area contributed by atoms with Crippen LogP contribution in [0, 0.1) is 0 Å². The van der Waals surface area contributed by atoms with Crippen LogP contribution in [0.5, 0.6) is 0 Å². The first-order valence-electron chi connectivity index (χ1n) is 5.28. The van der Waals surface area contributed by atoms with Gasteiger partial charge in [-0.05, 0) is 13.3 Å². The monoisotopic (exact) mass is 213 g/mol. The molecule has 1 rings (SSSR count). The Bertz CT molecular complexity index is 222. The van der Waals surface area contributed by atoms with E-state index in [9.17, 15) is 4.79 Å². The highest BCUT2D eigenvalue weighted by Gasteiger charge is 2.12. The summed E-state index contributed by atoms with van der Waals surface area (Å²) >= 11 is 0. The molecule has 0 spiro atoms. The Morgan fingerprint density at radius 2 is 2.20 bits per heavy atom. The smallest absolute Gasteiger partial charge is 0.165 e. The second kappa shape index (κ2) is 6.58. The van der Waals surface area contributed by atoms with Crippen LogP contribution in [0.2, 0.25) is 0 Å². The van der Waals surface area contributed by atoms with E-state index in [1.165, 1.54) is 0 Å². The van der Waals surface area contributed by atoms with Gasteiger partial charge in [0, 0.05) is 20.2 Å². The lowest BCUT2D eigenvalue weighted by Crippen LogP contribution is -2.36. The first-order valence-corrected chi connectivity index (χ1v) is 5.28. The zero-order valence-electron chi connectivity index (χ0n) is 9.44. The van der Waals surface area contributed by atoms with E-state index in [4.69, 9.17) is 9.47 Å². The number of carbonyl (C=O) groups is 1. The van der Waals surface area contributed by atoms with Gasteiger partial charge in [-0.1, -0.05) is 6.08 Å². The van der Waals surface area contributed by atoms with E-state index in [-0.39, 0.29) is 6.10 Å². The molecule has 0 amide bonds. The van der Waals surface area contributed by atoms with Gasteiger partial charge < -0.3 is 14.4 Å². The summed E-state index contributed by atoms with van der Waals surface area (Å²) < 4.78 is 10.4. The number of rotatable bonds is 5. The van der Waals surface area contributed by atoms with Crippen molar-refractivity contribution in [2.75, 3.05) is 33.4 Å². The van der Waals surface area contributed by atoms with Crippen LogP contribution in [-0.4, -0.2) is 50.7 Å². The van der Waals surface area contributed by atoms with Gasteiger partial charge in [0.1, 0.15) is 0 Å². The first-order chi connectivity index (χ1) is 7.27. The number of morpholine rings is 1. The van der Waals surface area contributed by atoms with E-state index in [1.807, 2.05) is 13.0 Å². The average Bonchev–Trinajstić information content (AvgIpc) is 2.31. The Hall–Kier alpha value is -0.870. The summed E-state index contributed by atoms with van der Waals surface area (Å²) in [6.07, 6.45) is 3.77. The molecule has 0 aromatic rings. The predicted molar refractivity (Wildman–Crippen MR) is 57.6 cm³/mol. The standard InChI is InChI=1S/C11H19NO3/c1-10(14-2)3-4-11(9-13)12-5-7-15-8-6-12/h4,9-10H,3,5-8H2,1-2H3/b11-4-. The fraction of sp³-hybridized carbons (Fsp3) is 0.727. The lowest BCUT2D eigenvalue weighted by molar-refractivity contribution is -0.106. The van der Waals surface area contributed by atoms with Crippen molar-refractivity contribution in [3.63, 3.8) is 0 Å². The Morgan fingerprint density at radius 3 is 2.73 bits per heavy atom. The average molecular weight is 213 g/mol. The van der Waals surface area contributed by atoms with E-state index in [0.717, 1.165) is 31.5 Å². The molecular weight excluding hydrogens is 194 g/mol. The minimum Gasteiger partial charge on any atom is -0.381 e. The van der Waals surface area contributed by atoms with Crippen molar-refractivity contribution in [3.05, 3.63) is 11.8 Å². The normalized spacial score (nSPS) is 20.1. The molecule has 1 fully saturated rings. The van der Waals surface area contributed by atoms with Gasteiger partial charge in [0.2, 0.25) is 0 Å². The fourth-order valence-corrected chi connectivity index (χ4v) is 1.46. The Morgan fingerprint density at radius 1 is 1.53 bits per heavy atom. The van der Waals surface area contributed by atoms with Crippen LogP contribution in [-0.2, 0) is 14.3 Å². The summed E-state index contributed by atoms with van der Waals surface area (Å²) in [5.74, 6) is 0. The van der Waals surface area contributed by atoms with Gasteiger partial charge in [-0.15, -0.1) is 0 Å². The van der Waals surface area contributed by atoms with Crippen LogP contribution >= 0.6 is 0 Å². The summed E-state index contributed by atoms with van der Waals surface area (Å²) in [7, 11) is 1.67. The molecule has 1 saturated heterocycles. The van der Waals surface area contributed by atoms with E-state index < -0.39 is 0 Å². The lowest BCUT2D eigenvalue weighted by Gasteiger charge is -2.28. The van der Waals surface area contributed by atoms with Gasteiger partial charge in [-0.2, -0.15) is 0 Å². The molecule has 0 aliphatic carbocycles. The van der Waals surface area contributed by atoms with Gasteiger partial charge in [0.25, 0.3) is 0 Å². The van der Waals surface area contributed by atoms with Crippen molar-refractivity contribution >= 4 is 6.29 Å². The third kappa shape index (κ3) is 4.01. The molecule has 0 aromatic carbocycles. The number of hydrogen-bond acceptors (Lipinski definition) is 4. The molecule has 1 aliphatic heterocycles. The molecule has 0 radical (unpaired) electrons. The summed E-state index contributed by atoms with van der Waals surface area (Å²) in [4.78, 5) is 13.0. The highest BCUT2D eigenvalue weighted by Crippen LogP contribution is 2.08. The third-order valence-corrected chi connectivity index (χ3v) is 2.56. The maximum Gasteiger partial charge on any atom is 0.165 e. The second-order valence-electron chi connectivity index (χ2n) is 3.63. The highest BCUT2D eigenvalue weighted by molar-refractivity contribution is 5.72. The number of carbonyl (C=O) groups excluding carboxylic acids is 1. The van der Waals surface area contributed by atoms with Gasteiger partial charge >= 0.3 is 0 Å². The third-order valence-electron chi connectivity index (χ3n) is 2.56. The number of methoxy groups -OCH3 is 1.